The SMILES string of the molecule is CC[C@H](C)[C@H](CO)N1C(=O)[C@@H]2[C@H]3C(=O)O[C@@H](C)CNC(=O)CC/C=C\CN(c4c(C)cccc4C)C(=O)[C@@H]1[C@]21C=C[C@H]3O1. The first-order valence-electron chi connectivity index (χ1n) is 15.4. The molecule has 10 nitrogen and oxygen atoms in total. The van der Waals surface area contributed by atoms with E-state index in [9.17, 15) is 19.5 Å². The number of carbonyl (C=O) groups excluding carboxylic acids is 4. The first-order chi connectivity index (χ1) is 20.5. The van der Waals surface area contributed by atoms with Crippen molar-refractivity contribution < 1.29 is 33.8 Å². The van der Waals surface area contributed by atoms with Crippen LogP contribution in [-0.4, -0.2) is 83.3 Å². The maximum Gasteiger partial charge on any atom is 0.313 e. The van der Waals surface area contributed by atoms with Gasteiger partial charge in [0.15, 0.2) is 0 Å². The molecule has 3 amide bonds. The molecular formula is C33H43N3O7. The van der Waals surface area contributed by atoms with Crippen LogP contribution in [0.2, 0.25) is 0 Å². The second-order valence-electron chi connectivity index (χ2n) is 12.3. The molecule has 232 valence electrons. The van der Waals surface area contributed by atoms with Crippen molar-refractivity contribution in [2.75, 3.05) is 24.6 Å². The maximum absolute atomic E-state index is 15.0. The van der Waals surface area contributed by atoms with Crippen molar-refractivity contribution in [2.24, 2.45) is 17.8 Å². The van der Waals surface area contributed by atoms with E-state index in [0.717, 1.165) is 16.8 Å². The van der Waals surface area contributed by atoms with E-state index < -0.39 is 53.6 Å². The van der Waals surface area contributed by atoms with Crippen LogP contribution in [-0.2, 0) is 28.7 Å². The second kappa shape index (κ2) is 12.2. The lowest BCUT2D eigenvalue weighted by molar-refractivity contribution is -0.159. The third kappa shape index (κ3) is 5.29. The molecule has 1 spiro atoms. The number of fused-ring (bicyclic) bond motifs is 2. The molecule has 0 saturated carbocycles. The largest absolute Gasteiger partial charge is 0.460 e. The van der Waals surface area contributed by atoms with E-state index in [2.05, 4.69) is 5.32 Å². The Morgan fingerprint density at radius 1 is 1.12 bits per heavy atom. The summed E-state index contributed by atoms with van der Waals surface area (Å²) in [5, 5.41) is 13.4. The molecule has 4 aliphatic rings. The molecule has 0 unspecified atom stereocenters. The van der Waals surface area contributed by atoms with E-state index in [1.165, 1.54) is 4.90 Å². The van der Waals surface area contributed by atoms with Gasteiger partial charge in [0.2, 0.25) is 11.8 Å². The highest BCUT2D eigenvalue weighted by molar-refractivity contribution is 6.06. The van der Waals surface area contributed by atoms with Crippen LogP contribution in [0.5, 0.6) is 0 Å². The zero-order valence-electron chi connectivity index (χ0n) is 25.6. The number of cyclic esters (lactones) is 1. The van der Waals surface area contributed by atoms with Crippen LogP contribution in [0, 0.1) is 31.6 Å². The van der Waals surface area contributed by atoms with E-state index in [1.807, 2.05) is 58.0 Å². The fourth-order valence-electron chi connectivity index (χ4n) is 7.18. The number of esters is 1. The molecule has 5 rings (SSSR count). The molecule has 2 saturated heterocycles. The number of aryl methyl sites for hydroxylation is 2. The number of rotatable bonds is 5. The molecule has 8 atom stereocenters. The Hall–Kier alpha value is -3.50. The van der Waals surface area contributed by atoms with Crippen LogP contribution in [0.25, 0.3) is 0 Å². The number of nitrogens with one attached hydrogen (secondary N) is 1. The number of aliphatic hydroxyl groups excluding tert-OH is 1. The third-order valence-corrected chi connectivity index (χ3v) is 9.54. The number of aliphatic hydroxyl groups is 1. The number of benzene rings is 1. The molecule has 4 heterocycles. The highest BCUT2D eigenvalue weighted by atomic mass is 16.6. The number of ether oxygens (including phenoxy) is 2. The molecule has 1 aromatic carbocycles. The fourth-order valence-corrected chi connectivity index (χ4v) is 7.18. The van der Waals surface area contributed by atoms with Gasteiger partial charge in [-0.2, -0.15) is 0 Å². The van der Waals surface area contributed by atoms with Crippen LogP contribution >= 0.6 is 0 Å². The summed E-state index contributed by atoms with van der Waals surface area (Å²) in [5.41, 5.74) is 1.11. The Balaban J connectivity index is 1.67. The molecule has 4 aliphatic heterocycles. The number of hydrogen-bond donors (Lipinski definition) is 2. The van der Waals surface area contributed by atoms with Crippen molar-refractivity contribution in [1.82, 2.24) is 10.2 Å². The first kappa shape index (κ1) is 30.9. The summed E-state index contributed by atoms with van der Waals surface area (Å²) in [6.45, 7) is 9.49. The van der Waals surface area contributed by atoms with Gasteiger partial charge in [-0.15, -0.1) is 0 Å². The Morgan fingerprint density at radius 3 is 2.51 bits per heavy atom. The average molecular weight is 594 g/mol. The van der Waals surface area contributed by atoms with Crippen molar-refractivity contribution in [3.05, 3.63) is 53.6 Å². The zero-order chi connectivity index (χ0) is 31.1. The molecule has 43 heavy (non-hydrogen) atoms. The molecule has 10 heteroatoms. The van der Waals surface area contributed by atoms with Crippen LogP contribution in [0.3, 0.4) is 0 Å². The highest BCUT2D eigenvalue weighted by Crippen LogP contribution is 2.56. The number of allylic oxidation sites excluding steroid dienone is 1. The van der Waals surface area contributed by atoms with E-state index in [-0.39, 0.29) is 43.8 Å². The van der Waals surface area contributed by atoms with Crippen molar-refractivity contribution in [2.45, 2.75) is 83.8 Å². The van der Waals surface area contributed by atoms with Gasteiger partial charge in [-0.3, -0.25) is 19.2 Å². The standard InChI is InChI=1S/C33H43N3O7/c1-6-19(2)23(18-37)36-29-31(40)35(28-20(3)11-10-12-21(28)4)16-9-7-8-13-25(38)34-17-22(5)42-32(41)26-24-14-15-33(29,43-24)27(26)30(36)39/h7,9-12,14-15,19,22-24,26-27,29,37H,6,8,13,16-18H2,1-5H3,(H,34,38)/b9-7-/t19-,22-,23-,24+,26-,27-,29+,33-/m0/s1. The second-order valence-corrected chi connectivity index (χ2v) is 12.3. The summed E-state index contributed by atoms with van der Waals surface area (Å²) >= 11 is 0. The molecule has 0 radical (unpaired) electrons. The van der Waals surface area contributed by atoms with E-state index in [4.69, 9.17) is 9.47 Å². The summed E-state index contributed by atoms with van der Waals surface area (Å²) in [6, 6.07) is 4.03. The van der Waals surface area contributed by atoms with E-state index in [0.29, 0.717) is 12.8 Å². The van der Waals surface area contributed by atoms with Gasteiger partial charge in [-0.05, 0) is 44.2 Å². The predicted molar refractivity (Wildman–Crippen MR) is 160 cm³/mol. The molecule has 0 aromatic heterocycles. The van der Waals surface area contributed by atoms with Crippen LogP contribution in [0.15, 0.2) is 42.5 Å². The highest BCUT2D eigenvalue weighted by Gasteiger charge is 2.74. The fraction of sp³-hybridized carbons (Fsp3) is 0.576. The smallest absolute Gasteiger partial charge is 0.313 e. The van der Waals surface area contributed by atoms with Crippen molar-refractivity contribution in [3.63, 3.8) is 0 Å². The Morgan fingerprint density at radius 2 is 1.84 bits per heavy atom. The van der Waals surface area contributed by atoms with Gasteiger partial charge in [0.05, 0.1) is 31.2 Å². The quantitative estimate of drug-likeness (QED) is 0.397. The average Bonchev–Trinajstić information content (AvgIpc) is 3.62. The number of para-hydroxylation sites is 1. The lowest BCUT2D eigenvalue weighted by Crippen LogP contribution is -2.60. The number of amides is 3. The van der Waals surface area contributed by atoms with Crippen LogP contribution < -0.4 is 10.2 Å². The van der Waals surface area contributed by atoms with E-state index in [1.54, 1.807) is 24.0 Å². The topological polar surface area (TPSA) is 125 Å². The summed E-state index contributed by atoms with van der Waals surface area (Å²) in [6.07, 6.45) is 7.28. The maximum atomic E-state index is 15.0. The Bertz CT molecular complexity index is 1320. The van der Waals surface area contributed by atoms with Crippen molar-refractivity contribution in [1.29, 1.82) is 0 Å². The summed E-state index contributed by atoms with van der Waals surface area (Å²) in [4.78, 5) is 58.8. The monoisotopic (exact) mass is 593 g/mol. The number of likely N-dealkylation sites (tertiary alicyclic amines) is 1. The van der Waals surface area contributed by atoms with E-state index >= 15 is 4.79 Å². The minimum Gasteiger partial charge on any atom is -0.460 e. The minimum absolute atomic E-state index is 0.124. The molecule has 5 bridgehead atoms. The van der Waals surface area contributed by atoms with Crippen LogP contribution in [0.4, 0.5) is 5.69 Å². The van der Waals surface area contributed by atoms with Gasteiger partial charge in [0, 0.05) is 18.7 Å². The number of carbonyl (C=O) groups is 4. The summed E-state index contributed by atoms with van der Waals surface area (Å²) < 4.78 is 12.3. The summed E-state index contributed by atoms with van der Waals surface area (Å²) in [5.74, 6) is -3.60. The van der Waals surface area contributed by atoms with Gasteiger partial charge >= 0.3 is 5.97 Å². The zero-order valence-corrected chi connectivity index (χ0v) is 25.6. The van der Waals surface area contributed by atoms with Crippen molar-refractivity contribution in [3.8, 4) is 0 Å². The third-order valence-electron chi connectivity index (χ3n) is 9.54. The van der Waals surface area contributed by atoms with Crippen molar-refractivity contribution >= 4 is 29.4 Å². The minimum atomic E-state index is -1.40. The van der Waals surface area contributed by atoms with Gasteiger partial charge in [-0.1, -0.05) is 62.8 Å². The molecule has 1 aromatic rings. The molecule has 2 N–H and O–H groups in total. The number of hydrogen-bond acceptors (Lipinski definition) is 7. The lowest BCUT2D eigenvalue weighted by atomic mass is 9.74. The normalized spacial score (nSPS) is 33.3. The molecule has 0 aliphatic carbocycles. The van der Waals surface area contributed by atoms with Crippen LogP contribution in [0.1, 0.15) is 51.2 Å². The summed E-state index contributed by atoms with van der Waals surface area (Å²) in [7, 11) is 0. The lowest BCUT2D eigenvalue weighted by Gasteiger charge is -2.41. The van der Waals surface area contributed by atoms with Gasteiger partial charge in [0.25, 0.3) is 5.91 Å². The van der Waals surface area contributed by atoms with Gasteiger partial charge < -0.3 is 29.7 Å². The predicted octanol–water partition coefficient (Wildman–Crippen LogP) is 2.59. The Labute approximate surface area is 253 Å². The van der Waals surface area contributed by atoms with Gasteiger partial charge in [-0.25, -0.2) is 0 Å². The Kier molecular flexibility index (Phi) is 8.81. The molecule has 2 fully saturated rings. The number of nitrogens with zero attached hydrogens (tertiary/aromatic N) is 2. The molecular weight excluding hydrogens is 550 g/mol. The van der Waals surface area contributed by atoms with Gasteiger partial charge in [0.1, 0.15) is 23.7 Å². The number of anilines is 1. The first-order valence-corrected chi connectivity index (χ1v) is 15.4.